The molecule has 1 saturated heterocycles. The maximum atomic E-state index is 15.1. The quantitative estimate of drug-likeness (QED) is 0.509. The van der Waals surface area contributed by atoms with Gasteiger partial charge in [-0.25, -0.2) is 9.37 Å². The first-order valence-electron chi connectivity index (χ1n) is 11.5. The van der Waals surface area contributed by atoms with E-state index >= 15 is 4.39 Å². The van der Waals surface area contributed by atoms with Crippen molar-refractivity contribution in [3.63, 3.8) is 0 Å². The van der Waals surface area contributed by atoms with Crippen molar-refractivity contribution in [2.45, 2.75) is 51.2 Å². The molecule has 3 N–H and O–H groups in total. The fourth-order valence-corrected chi connectivity index (χ4v) is 4.54. The monoisotopic (exact) mass is 438 g/mol. The molecule has 8 heteroatoms. The Morgan fingerprint density at radius 1 is 1.25 bits per heavy atom. The number of aromatic nitrogens is 3. The highest BCUT2D eigenvalue weighted by atomic mass is 19.1. The van der Waals surface area contributed by atoms with Gasteiger partial charge in [0, 0.05) is 56.5 Å². The van der Waals surface area contributed by atoms with Gasteiger partial charge in [0.05, 0.1) is 12.7 Å². The second kappa shape index (κ2) is 8.58. The largest absolute Gasteiger partial charge is 0.384 e. The van der Waals surface area contributed by atoms with Gasteiger partial charge in [-0.1, -0.05) is 26.0 Å². The van der Waals surface area contributed by atoms with Crippen LogP contribution in [0.1, 0.15) is 49.3 Å². The van der Waals surface area contributed by atoms with E-state index in [9.17, 15) is 0 Å². The molecule has 170 valence electrons. The minimum atomic E-state index is -1.27. The second-order valence-corrected chi connectivity index (χ2v) is 9.11. The molecule has 5 rings (SSSR count). The zero-order chi connectivity index (χ0) is 22.1. The lowest BCUT2D eigenvalue weighted by atomic mass is 9.96. The number of hydrogen-bond acceptors (Lipinski definition) is 6. The average molecular weight is 439 g/mol. The molecule has 2 aliphatic heterocycles. The fraction of sp³-hybridized carbons (Fsp3) is 0.500. The van der Waals surface area contributed by atoms with E-state index in [1.165, 1.54) is 16.8 Å². The molecule has 0 atom stereocenters. The van der Waals surface area contributed by atoms with Gasteiger partial charge in [0.2, 0.25) is 0 Å². The summed E-state index contributed by atoms with van der Waals surface area (Å²) in [5, 5.41) is 14.8. The highest BCUT2D eigenvalue weighted by Gasteiger charge is 2.32. The molecule has 2 aliphatic rings. The van der Waals surface area contributed by atoms with E-state index in [1.807, 2.05) is 16.8 Å². The molecule has 4 heterocycles. The van der Waals surface area contributed by atoms with Crippen LogP contribution in [0.3, 0.4) is 0 Å². The molecular formula is C24H31FN6O. The topological polar surface area (TPSA) is 75.5 Å². The lowest BCUT2D eigenvalue weighted by molar-refractivity contribution is -0.00119. The van der Waals surface area contributed by atoms with Crippen LogP contribution >= 0.6 is 0 Å². The van der Waals surface area contributed by atoms with Crippen molar-refractivity contribution in [1.82, 2.24) is 14.6 Å². The molecule has 0 spiro atoms. The fourth-order valence-electron chi connectivity index (χ4n) is 4.54. The molecule has 7 nitrogen and oxygen atoms in total. The Labute approximate surface area is 187 Å². The Bertz CT molecular complexity index is 1110. The third-order valence-corrected chi connectivity index (χ3v) is 6.52. The first-order chi connectivity index (χ1) is 15.5. The molecule has 1 aromatic carbocycles. The van der Waals surface area contributed by atoms with E-state index in [0.29, 0.717) is 38.4 Å². The highest BCUT2D eigenvalue weighted by Crippen LogP contribution is 2.29. The van der Waals surface area contributed by atoms with E-state index in [1.54, 1.807) is 0 Å². The molecule has 2 aromatic heterocycles. The number of ether oxygens (including phenoxy) is 1. The number of fused-ring (bicyclic) bond motifs is 2. The number of nitrogens with zero attached hydrogens (tertiary/aromatic N) is 3. The van der Waals surface area contributed by atoms with E-state index in [-0.39, 0.29) is 12.5 Å². The minimum absolute atomic E-state index is 0.224. The van der Waals surface area contributed by atoms with Crippen molar-refractivity contribution in [3.8, 4) is 0 Å². The molecule has 0 bridgehead atoms. The number of anilines is 3. The summed E-state index contributed by atoms with van der Waals surface area (Å²) in [6.45, 7) is 7.08. The Hall–Kier alpha value is -2.87. The van der Waals surface area contributed by atoms with Gasteiger partial charge in [0.15, 0.2) is 5.65 Å². The standard InChI is InChI=1S/C24H31FN6O/c1-16(2)19-14-29-31-22(27-13-17-4-3-5-20-18(17)6-9-26-20)12-21(30-23(19)31)28-15-24(25)7-10-32-11-8-24/h3-5,12,14,16,26-27H,6-11,13,15H2,1-2H3,(H,28,30). The van der Waals surface area contributed by atoms with E-state index in [2.05, 4.69) is 53.1 Å². The van der Waals surface area contributed by atoms with Crippen molar-refractivity contribution < 1.29 is 9.13 Å². The van der Waals surface area contributed by atoms with E-state index in [0.717, 1.165) is 30.0 Å². The van der Waals surface area contributed by atoms with Gasteiger partial charge in [0.25, 0.3) is 0 Å². The maximum absolute atomic E-state index is 15.1. The summed E-state index contributed by atoms with van der Waals surface area (Å²) in [4.78, 5) is 4.79. The van der Waals surface area contributed by atoms with Crippen molar-refractivity contribution in [2.24, 2.45) is 0 Å². The molecule has 0 radical (unpaired) electrons. The Kier molecular flexibility index (Phi) is 5.63. The number of benzene rings is 1. The molecule has 0 aliphatic carbocycles. The van der Waals surface area contributed by atoms with Gasteiger partial charge >= 0.3 is 0 Å². The second-order valence-electron chi connectivity index (χ2n) is 9.11. The molecule has 0 unspecified atom stereocenters. The van der Waals surface area contributed by atoms with Crippen LogP contribution in [0.5, 0.6) is 0 Å². The normalized spacial score (nSPS) is 17.4. The van der Waals surface area contributed by atoms with Gasteiger partial charge in [-0.3, -0.25) is 0 Å². The predicted molar refractivity (Wildman–Crippen MR) is 125 cm³/mol. The summed E-state index contributed by atoms with van der Waals surface area (Å²) in [6.07, 6.45) is 3.73. The van der Waals surface area contributed by atoms with Crippen LogP contribution in [-0.2, 0) is 17.7 Å². The third-order valence-electron chi connectivity index (χ3n) is 6.52. The molecule has 1 fully saturated rings. The minimum Gasteiger partial charge on any atom is -0.384 e. The number of nitrogens with one attached hydrogen (secondary N) is 3. The van der Waals surface area contributed by atoms with Crippen LogP contribution in [0.25, 0.3) is 5.65 Å². The Balaban J connectivity index is 1.42. The number of hydrogen-bond donors (Lipinski definition) is 3. The lowest BCUT2D eigenvalue weighted by Gasteiger charge is -2.29. The van der Waals surface area contributed by atoms with Gasteiger partial charge in [-0.15, -0.1) is 0 Å². The van der Waals surface area contributed by atoms with Crippen LogP contribution in [0.15, 0.2) is 30.5 Å². The van der Waals surface area contributed by atoms with E-state index < -0.39 is 5.67 Å². The maximum Gasteiger partial charge on any atom is 0.163 e. The van der Waals surface area contributed by atoms with Crippen LogP contribution in [0, 0.1) is 0 Å². The molecule has 0 amide bonds. The van der Waals surface area contributed by atoms with Crippen molar-refractivity contribution >= 4 is 23.0 Å². The molecule has 32 heavy (non-hydrogen) atoms. The highest BCUT2D eigenvalue weighted by molar-refractivity contribution is 5.62. The zero-order valence-corrected chi connectivity index (χ0v) is 18.7. The summed E-state index contributed by atoms with van der Waals surface area (Å²) < 4.78 is 22.3. The SMILES string of the molecule is CC(C)c1cnn2c(NCc3cccc4c3CCN4)cc(NCC3(F)CCOCC3)nc12. The lowest BCUT2D eigenvalue weighted by Crippen LogP contribution is -2.38. The molecular weight excluding hydrogens is 407 g/mol. The van der Waals surface area contributed by atoms with Crippen molar-refractivity contribution in [3.05, 3.63) is 47.2 Å². The Morgan fingerprint density at radius 2 is 2.09 bits per heavy atom. The van der Waals surface area contributed by atoms with Crippen LogP contribution in [0.2, 0.25) is 0 Å². The first kappa shape index (κ1) is 21.0. The molecule has 0 saturated carbocycles. The average Bonchev–Trinajstić information content (AvgIpc) is 3.44. The molecule has 3 aromatic rings. The van der Waals surface area contributed by atoms with Gasteiger partial charge in [-0.05, 0) is 29.5 Å². The van der Waals surface area contributed by atoms with Crippen molar-refractivity contribution in [1.29, 1.82) is 0 Å². The van der Waals surface area contributed by atoms with Gasteiger partial charge in [0.1, 0.15) is 17.3 Å². The van der Waals surface area contributed by atoms with Crippen LogP contribution in [0.4, 0.5) is 21.7 Å². The van der Waals surface area contributed by atoms with Crippen LogP contribution < -0.4 is 16.0 Å². The summed E-state index contributed by atoms with van der Waals surface area (Å²) in [5.41, 5.74) is 4.46. The smallest absolute Gasteiger partial charge is 0.163 e. The number of halogens is 1. The Morgan fingerprint density at radius 3 is 2.91 bits per heavy atom. The predicted octanol–water partition coefficient (Wildman–Crippen LogP) is 4.36. The number of rotatable bonds is 7. The number of alkyl halides is 1. The van der Waals surface area contributed by atoms with Crippen LogP contribution in [-0.4, -0.2) is 46.6 Å². The van der Waals surface area contributed by atoms with Gasteiger partial charge < -0.3 is 20.7 Å². The van der Waals surface area contributed by atoms with E-state index in [4.69, 9.17) is 9.72 Å². The summed E-state index contributed by atoms with van der Waals surface area (Å²) in [5.74, 6) is 1.79. The summed E-state index contributed by atoms with van der Waals surface area (Å²) in [7, 11) is 0. The third kappa shape index (κ3) is 4.11. The van der Waals surface area contributed by atoms with Gasteiger partial charge in [-0.2, -0.15) is 9.61 Å². The summed E-state index contributed by atoms with van der Waals surface area (Å²) >= 11 is 0. The zero-order valence-electron chi connectivity index (χ0n) is 18.7. The van der Waals surface area contributed by atoms with Crippen molar-refractivity contribution in [2.75, 3.05) is 42.3 Å². The first-order valence-corrected chi connectivity index (χ1v) is 11.5. The summed E-state index contributed by atoms with van der Waals surface area (Å²) in [6, 6.07) is 8.30.